The fraction of sp³-hybridized carbons (Fsp3) is 0.333. The topological polar surface area (TPSA) is 86.7 Å². The third kappa shape index (κ3) is 6.50. The normalized spacial score (nSPS) is 11.4. The summed E-state index contributed by atoms with van der Waals surface area (Å²) in [6.45, 7) is 4.02. The number of nitrogens with two attached hydrogens (primary N) is 1. The molecule has 0 aliphatic heterocycles. The van der Waals surface area contributed by atoms with Crippen LogP contribution >= 0.6 is 0 Å². The van der Waals surface area contributed by atoms with Crippen LogP contribution in [-0.2, 0) is 12.8 Å². The summed E-state index contributed by atoms with van der Waals surface area (Å²) >= 11 is 0. The predicted octanol–water partition coefficient (Wildman–Crippen LogP) is 3.33. The zero-order chi connectivity index (χ0) is 16.5. The predicted molar refractivity (Wildman–Crippen MR) is 89.2 cm³/mol. The molecule has 1 unspecified atom stereocenters. The number of phenols is 3. The van der Waals surface area contributed by atoms with Crippen molar-refractivity contribution >= 4 is 0 Å². The molecule has 0 bridgehead atoms. The Morgan fingerprint density at radius 3 is 2.23 bits per heavy atom. The van der Waals surface area contributed by atoms with Crippen LogP contribution in [-0.4, -0.2) is 21.4 Å². The fourth-order valence-electron chi connectivity index (χ4n) is 2.07. The molecule has 0 aliphatic carbocycles. The number of aromatic hydroxyl groups is 3. The molecular formula is C18H25NO3. The first-order chi connectivity index (χ1) is 10.4. The Hall–Kier alpha value is -2.20. The first-order valence-corrected chi connectivity index (χ1v) is 7.46. The molecule has 0 amide bonds. The lowest BCUT2D eigenvalue weighted by Gasteiger charge is -2.04. The average molecular weight is 303 g/mol. The van der Waals surface area contributed by atoms with Crippen molar-refractivity contribution in [3.05, 3.63) is 53.6 Å². The van der Waals surface area contributed by atoms with E-state index >= 15 is 0 Å². The second-order valence-electron chi connectivity index (χ2n) is 5.42. The zero-order valence-electron chi connectivity index (χ0n) is 13.2. The van der Waals surface area contributed by atoms with Crippen molar-refractivity contribution < 1.29 is 15.3 Å². The van der Waals surface area contributed by atoms with Gasteiger partial charge in [0.2, 0.25) is 0 Å². The first-order valence-electron chi connectivity index (χ1n) is 7.46. The first kappa shape index (κ1) is 17.9. The summed E-state index contributed by atoms with van der Waals surface area (Å²) in [6, 6.07) is 12.3. The van der Waals surface area contributed by atoms with Crippen LogP contribution < -0.4 is 5.73 Å². The van der Waals surface area contributed by atoms with E-state index in [9.17, 15) is 0 Å². The highest BCUT2D eigenvalue weighted by molar-refractivity contribution is 5.40. The highest BCUT2D eigenvalue weighted by Crippen LogP contribution is 2.25. The molecule has 1 atom stereocenters. The number of hydrogen-bond acceptors (Lipinski definition) is 4. The van der Waals surface area contributed by atoms with Gasteiger partial charge in [0.05, 0.1) is 0 Å². The van der Waals surface area contributed by atoms with Crippen molar-refractivity contribution in [1.29, 1.82) is 0 Å². The van der Waals surface area contributed by atoms with Crippen molar-refractivity contribution in [2.24, 2.45) is 5.73 Å². The van der Waals surface area contributed by atoms with Gasteiger partial charge in [0.15, 0.2) is 11.5 Å². The number of aryl methyl sites for hydroxylation is 1. The summed E-state index contributed by atoms with van der Waals surface area (Å²) in [6.07, 6.45) is 2.80. The number of hydrogen-bond donors (Lipinski definition) is 4. The minimum absolute atomic E-state index is 0.0315. The molecular weight excluding hydrogens is 278 g/mol. The minimum atomic E-state index is -0.0511. The van der Waals surface area contributed by atoms with E-state index in [2.05, 4.69) is 6.92 Å². The van der Waals surface area contributed by atoms with Gasteiger partial charge in [-0.3, -0.25) is 0 Å². The minimum Gasteiger partial charge on any atom is -0.508 e. The van der Waals surface area contributed by atoms with E-state index in [0.717, 1.165) is 30.4 Å². The lowest BCUT2D eigenvalue weighted by molar-refractivity contribution is 0.403. The fourth-order valence-corrected chi connectivity index (χ4v) is 2.07. The van der Waals surface area contributed by atoms with Crippen LogP contribution in [0.1, 0.15) is 31.4 Å². The van der Waals surface area contributed by atoms with Gasteiger partial charge in [-0.15, -0.1) is 0 Å². The summed E-state index contributed by atoms with van der Waals surface area (Å²) in [5.41, 5.74) is 7.73. The Balaban J connectivity index is 0.000000220. The van der Waals surface area contributed by atoms with Crippen LogP contribution in [0.4, 0.5) is 0 Å². The van der Waals surface area contributed by atoms with Gasteiger partial charge in [0, 0.05) is 6.04 Å². The van der Waals surface area contributed by atoms with Crippen LogP contribution in [0.15, 0.2) is 42.5 Å². The molecule has 0 aliphatic rings. The molecule has 5 N–H and O–H groups in total. The maximum Gasteiger partial charge on any atom is 0.157 e. The molecule has 0 heterocycles. The number of rotatable bonds is 4. The third-order valence-electron chi connectivity index (χ3n) is 3.05. The smallest absolute Gasteiger partial charge is 0.157 e. The lowest BCUT2D eigenvalue weighted by Crippen LogP contribution is -2.17. The van der Waals surface area contributed by atoms with Crippen molar-refractivity contribution in [2.75, 3.05) is 0 Å². The SMILES string of the molecule is CC(N)Cc1cccc(O)c1.CCCc1ccc(O)c(O)c1. The summed E-state index contributed by atoms with van der Waals surface area (Å²) < 4.78 is 0. The van der Waals surface area contributed by atoms with Gasteiger partial charge in [-0.05, 0) is 55.2 Å². The highest BCUT2D eigenvalue weighted by atomic mass is 16.3. The molecule has 0 saturated carbocycles. The van der Waals surface area contributed by atoms with Gasteiger partial charge < -0.3 is 21.1 Å². The van der Waals surface area contributed by atoms with E-state index < -0.39 is 0 Å². The quantitative estimate of drug-likeness (QED) is 0.653. The Labute approximate surface area is 131 Å². The van der Waals surface area contributed by atoms with E-state index in [4.69, 9.17) is 21.1 Å². The molecule has 120 valence electrons. The van der Waals surface area contributed by atoms with Crippen LogP contribution in [0.5, 0.6) is 17.2 Å². The van der Waals surface area contributed by atoms with Gasteiger partial charge in [-0.25, -0.2) is 0 Å². The Bertz CT molecular complexity index is 582. The van der Waals surface area contributed by atoms with E-state index in [1.165, 1.54) is 6.07 Å². The van der Waals surface area contributed by atoms with Crippen molar-refractivity contribution in [3.8, 4) is 17.2 Å². The molecule has 4 nitrogen and oxygen atoms in total. The van der Waals surface area contributed by atoms with Gasteiger partial charge in [-0.2, -0.15) is 0 Å². The standard InChI is InChI=1S/C9H13NO.C9H12O2/c1-7(10)5-8-3-2-4-9(11)6-8;1-2-3-7-4-5-8(10)9(11)6-7/h2-4,6-7,11H,5,10H2,1H3;4-6,10-11H,2-3H2,1H3. The largest absolute Gasteiger partial charge is 0.508 e. The summed E-state index contributed by atoms with van der Waals surface area (Å²) in [5.74, 6) is 0.226. The molecule has 0 saturated heterocycles. The molecule has 0 aromatic heterocycles. The van der Waals surface area contributed by atoms with Crippen LogP contribution in [0.3, 0.4) is 0 Å². The van der Waals surface area contributed by atoms with E-state index in [-0.39, 0.29) is 17.5 Å². The second-order valence-corrected chi connectivity index (χ2v) is 5.42. The molecule has 0 radical (unpaired) electrons. The molecule has 2 aromatic carbocycles. The molecule has 2 aromatic rings. The highest BCUT2D eigenvalue weighted by Gasteiger charge is 1.98. The van der Waals surface area contributed by atoms with Gasteiger partial charge in [0.25, 0.3) is 0 Å². The lowest BCUT2D eigenvalue weighted by atomic mass is 10.1. The molecule has 4 heteroatoms. The van der Waals surface area contributed by atoms with Crippen LogP contribution in [0, 0.1) is 0 Å². The van der Waals surface area contributed by atoms with Crippen LogP contribution in [0.25, 0.3) is 0 Å². The third-order valence-corrected chi connectivity index (χ3v) is 3.05. The molecule has 0 spiro atoms. The molecule has 2 rings (SSSR count). The second kappa shape index (κ2) is 8.95. The Kier molecular flexibility index (Phi) is 7.26. The number of phenolic OH excluding ortho intramolecular Hbond substituents is 3. The van der Waals surface area contributed by atoms with Crippen molar-refractivity contribution in [3.63, 3.8) is 0 Å². The zero-order valence-corrected chi connectivity index (χ0v) is 13.2. The van der Waals surface area contributed by atoms with Gasteiger partial charge in [0.1, 0.15) is 5.75 Å². The summed E-state index contributed by atoms with van der Waals surface area (Å²) in [4.78, 5) is 0. The van der Waals surface area contributed by atoms with E-state index in [0.29, 0.717) is 5.75 Å². The monoisotopic (exact) mass is 303 g/mol. The Morgan fingerprint density at radius 2 is 1.68 bits per heavy atom. The van der Waals surface area contributed by atoms with Crippen LogP contribution in [0.2, 0.25) is 0 Å². The Morgan fingerprint density at radius 1 is 0.955 bits per heavy atom. The summed E-state index contributed by atoms with van der Waals surface area (Å²) in [7, 11) is 0. The van der Waals surface area contributed by atoms with Crippen molar-refractivity contribution in [1.82, 2.24) is 0 Å². The van der Waals surface area contributed by atoms with E-state index in [1.807, 2.05) is 25.1 Å². The molecule has 0 fully saturated rings. The molecule has 22 heavy (non-hydrogen) atoms. The van der Waals surface area contributed by atoms with Gasteiger partial charge in [-0.1, -0.05) is 31.5 Å². The average Bonchev–Trinajstić information content (AvgIpc) is 2.43. The maximum absolute atomic E-state index is 9.09. The van der Waals surface area contributed by atoms with Crippen molar-refractivity contribution in [2.45, 2.75) is 39.2 Å². The number of benzene rings is 2. The van der Waals surface area contributed by atoms with E-state index in [1.54, 1.807) is 18.2 Å². The van der Waals surface area contributed by atoms with Gasteiger partial charge >= 0.3 is 0 Å². The summed E-state index contributed by atoms with van der Waals surface area (Å²) in [5, 5.41) is 27.1. The maximum atomic E-state index is 9.09.